The van der Waals surface area contributed by atoms with Crippen LogP contribution in [0.3, 0.4) is 0 Å². The lowest BCUT2D eigenvalue weighted by Gasteiger charge is -2.26. The lowest BCUT2D eigenvalue weighted by atomic mass is 10.2. The Balaban J connectivity index is 2.00. The van der Waals surface area contributed by atoms with E-state index in [1.54, 1.807) is 11.9 Å². The summed E-state index contributed by atoms with van der Waals surface area (Å²) in [4.78, 5) is 13.4. The molecule has 0 unspecified atom stereocenters. The Labute approximate surface area is 133 Å². The Morgan fingerprint density at radius 2 is 2.00 bits per heavy atom. The topological polar surface area (TPSA) is 29.5 Å². The highest BCUT2D eigenvalue weighted by molar-refractivity contribution is 9.10. The first-order valence-corrected chi connectivity index (χ1v) is 8.35. The first-order chi connectivity index (χ1) is 9.35. The fourth-order valence-electron chi connectivity index (χ4n) is 2.09. The summed E-state index contributed by atoms with van der Waals surface area (Å²) in [6.45, 7) is 6.65. The van der Waals surface area contributed by atoms with Crippen molar-refractivity contribution in [2.24, 2.45) is 0 Å². The van der Waals surface area contributed by atoms with Gasteiger partial charge in [0.15, 0.2) is 0 Å². The minimum Gasteiger partial charge on any atom is -0.459 e. The van der Waals surface area contributed by atoms with Crippen molar-refractivity contribution in [3.05, 3.63) is 28.7 Å². The summed E-state index contributed by atoms with van der Waals surface area (Å²) < 4.78 is 8.71. The lowest BCUT2D eigenvalue weighted by molar-refractivity contribution is -0.158. The second-order valence-electron chi connectivity index (χ2n) is 5.88. The monoisotopic (exact) mass is 357 g/mol. The van der Waals surface area contributed by atoms with Crippen LogP contribution in [-0.2, 0) is 9.53 Å². The van der Waals surface area contributed by atoms with Gasteiger partial charge >= 0.3 is 5.97 Å². The Kier molecular flexibility index (Phi) is 5.15. The van der Waals surface area contributed by atoms with E-state index in [2.05, 4.69) is 32.4 Å². The molecule has 0 spiro atoms. The Bertz CT molecular complexity index is 470. The van der Waals surface area contributed by atoms with Gasteiger partial charge in [-0.1, -0.05) is 15.9 Å². The van der Waals surface area contributed by atoms with Gasteiger partial charge in [0.2, 0.25) is 0 Å². The molecule has 0 saturated carbocycles. The Morgan fingerprint density at radius 1 is 1.35 bits per heavy atom. The molecular formula is C15H20BrNO2S. The molecule has 3 nitrogen and oxygen atoms in total. The molecule has 1 atom stereocenters. The van der Waals surface area contributed by atoms with Crippen LogP contribution in [0.15, 0.2) is 33.6 Å². The number of hydrogen-bond donors (Lipinski definition) is 0. The fourth-order valence-corrected chi connectivity index (χ4v) is 3.42. The van der Waals surface area contributed by atoms with Crippen LogP contribution >= 0.6 is 27.9 Å². The van der Waals surface area contributed by atoms with E-state index in [4.69, 9.17) is 4.74 Å². The summed E-state index contributed by atoms with van der Waals surface area (Å²) in [5.41, 5.74) is -0.423. The maximum Gasteiger partial charge on any atom is 0.324 e. The van der Waals surface area contributed by atoms with Gasteiger partial charge < -0.3 is 4.74 Å². The number of ether oxygens (including phenoxy) is 1. The molecule has 1 aliphatic rings. The molecule has 0 amide bonds. The molecule has 0 bridgehead atoms. The van der Waals surface area contributed by atoms with Crippen LogP contribution in [0.2, 0.25) is 0 Å². The van der Waals surface area contributed by atoms with Crippen molar-refractivity contribution in [2.45, 2.75) is 50.2 Å². The van der Waals surface area contributed by atoms with Crippen molar-refractivity contribution in [1.29, 1.82) is 0 Å². The van der Waals surface area contributed by atoms with E-state index < -0.39 is 5.60 Å². The van der Waals surface area contributed by atoms with Crippen molar-refractivity contribution < 1.29 is 9.53 Å². The highest BCUT2D eigenvalue weighted by Gasteiger charge is 2.34. The quantitative estimate of drug-likeness (QED) is 0.596. The van der Waals surface area contributed by atoms with Gasteiger partial charge in [-0.3, -0.25) is 4.79 Å². The van der Waals surface area contributed by atoms with Crippen LogP contribution in [0.25, 0.3) is 0 Å². The normalized spacial score (nSPS) is 20.1. The number of halogens is 1. The van der Waals surface area contributed by atoms with E-state index >= 15 is 0 Å². The van der Waals surface area contributed by atoms with Crippen molar-refractivity contribution in [1.82, 2.24) is 4.31 Å². The van der Waals surface area contributed by atoms with Gasteiger partial charge in [0.1, 0.15) is 11.6 Å². The van der Waals surface area contributed by atoms with E-state index in [1.165, 1.54) is 0 Å². The molecule has 0 N–H and O–H groups in total. The second kappa shape index (κ2) is 6.50. The summed E-state index contributed by atoms with van der Waals surface area (Å²) in [5.74, 6) is -0.111. The Hall–Kier alpha value is -0.520. The molecule has 0 aromatic heterocycles. The predicted molar refractivity (Wildman–Crippen MR) is 85.6 cm³/mol. The highest BCUT2D eigenvalue weighted by atomic mass is 79.9. The zero-order chi connectivity index (χ0) is 14.8. The van der Waals surface area contributed by atoms with Crippen molar-refractivity contribution in [2.75, 3.05) is 6.54 Å². The molecule has 5 heteroatoms. The first kappa shape index (κ1) is 15.9. The van der Waals surface area contributed by atoms with Gasteiger partial charge in [-0.15, -0.1) is 0 Å². The van der Waals surface area contributed by atoms with Gasteiger partial charge in [0.05, 0.1) is 0 Å². The zero-order valence-corrected chi connectivity index (χ0v) is 14.5. The van der Waals surface area contributed by atoms with Crippen LogP contribution in [-0.4, -0.2) is 28.5 Å². The molecule has 110 valence electrons. The lowest BCUT2D eigenvalue weighted by Crippen LogP contribution is -2.37. The van der Waals surface area contributed by atoms with Crippen LogP contribution < -0.4 is 0 Å². The number of esters is 1. The molecule has 1 aromatic rings. The number of rotatable bonds is 3. The molecular weight excluding hydrogens is 338 g/mol. The van der Waals surface area contributed by atoms with E-state index in [0.717, 1.165) is 28.8 Å². The number of hydrogen-bond acceptors (Lipinski definition) is 4. The van der Waals surface area contributed by atoms with E-state index in [-0.39, 0.29) is 12.0 Å². The average molecular weight is 358 g/mol. The number of benzene rings is 1. The average Bonchev–Trinajstić information content (AvgIpc) is 2.78. The van der Waals surface area contributed by atoms with Crippen molar-refractivity contribution in [3.8, 4) is 0 Å². The van der Waals surface area contributed by atoms with Gasteiger partial charge in [0.25, 0.3) is 0 Å². The maximum absolute atomic E-state index is 12.2. The van der Waals surface area contributed by atoms with E-state index in [9.17, 15) is 4.79 Å². The first-order valence-electron chi connectivity index (χ1n) is 6.78. The molecule has 20 heavy (non-hydrogen) atoms. The third kappa shape index (κ3) is 4.50. The van der Waals surface area contributed by atoms with Gasteiger partial charge in [0, 0.05) is 15.9 Å². The minimum atomic E-state index is -0.423. The summed E-state index contributed by atoms with van der Waals surface area (Å²) >= 11 is 5.06. The van der Waals surface area contributed by atoms with Crippen molar-refractivity contribution in [3.63, 3.8) is 0 Å². The van der Waals surface area contributed by atoms with Crippen LogP contribution in [0.5, 0.6) is 0 Å². The van der Waals surface area contributed by atoms with Gasteiger partial charge in [-0.25, -0.2) is 4.31 Å². The molecule has 1 heterocycles. The van der Waals surface area contributed by atoms with Crippen LogP contribution in [0, 0.1) is 0 Å². The minimum absolute atomic E-state index is 0.111. The van der Waals surface area contributed by atoms with Crippen LogP contribution in [0.1, 0.15) is 33.6 Å². The number of nitrogens with zero attached hydrogens (tertiary/aromatic N) is 1. The van der Waals surface area contributed by atoms with Gasteiger partial charge in [-0.05, 0) is 69.8 Å². The third-order valence-electron chi connectivity index (χ3n) is 2.92. The Morgan fingerprint density at radius 3 is 2.60 bits per heavy atom. The zero-order valence-electron chi connectivity index (χ0n) is 12.1. The third-order valence-corrected chi connectivity index (χ3v) is 4.60. The summed E-state index contributed by atoms with van der Waals surface area (Å²) in [7, 11) is 0. The summed E-state index contributed by atoms with van der Waals surface area (Å²) in [6, 6.07) is 8.00. The number of carbonyl (C=O) groups excluding carboxylic acids is 1. The highest BCUT2D eigenvalue weighted by Crippen LogP contribution is 2.32. The van der Waals surface area contributed by atoms with E-state index in [1.807, 2.05) is 32.9 Å². The molecule has 1 aliphatic heterocycles. The smallest absolute Gasteiger partial charge is 0.324 e. The standard InChI is InChI=1S/C15H20BrNO2S/c1-15(2,3)19-14(18)13-5-4-10-17(13)20-12-8-6-11(16)7-9-12/h6-9,13H,4-5,10H2,1-3H3/t13-/m0/s1. The maximum atomic E-state index is 12.2. The molecule has 1 aromatic carbocycles. The SMILES string of the molecule is CC(C)(C)OC(=O)[C@@H]1CCCN1Sc1ccc(Br)cc1. The molecule has 1 saturated heterocycles. The molecule has 1 fully saturated rings. The number of carbonyl (C=O) groups is 1. The summed E-state index contributed by atoms with van der Waals surface area (Å²) in [5, 5.41) is 0. The second-order valence-corrected chi connectivity index (χ2v) is 7.92. The molecule has 0 radical (unpaired) electrons. The largest absolute Gasteiger partial charge is 0.459 e. The van der Waals surface area contributed by atoms with E-state index in [0.29, 0.717) is 0 Å². The van der Waals surface area contributed by atoms with Crippen LogP contribution in [0.4, 0.5) is 0 Å². The van der Waals surface area contributed by atoms with Gasteiger partial charge in [-0.2, -0.15) is 0 Å². The predicted octanol–water partition coefficient (Wildman–Crippen LogP) is 4.26. The van der Waals surface area contributed by atoms with Crippen molar-refractivity contribution >= 4 is 33.8 Å². The molecule has 0 aliphatic carbocycles. The summed E-state index contributed by atoms with van der Waals surface area (Å²) in [6.07, 6.45) is 1.91. The fraction of sp³-hybridized carbons (Fsp3) is 0.533. The molecule has 2 rings (SSSR count).